The molecule has 2 saturated heterocycles. The Hall–Kier alpha value is -0.135. The molecule has 0 amide bonds. The fraction of sp³-hybridized carbons (Fsp3) is 1.00. The van der Waals surface area contributed by atoms with Crippen LogP contribution >= 0.6 is 0 Å². The Morgan fingerprint density at radius 3 is 2.87 bits per heavy atom. The Kier molecular flexibility index (Phi) is 3.05. The van der Waals surface area contributed by atoms with Gasteiger partial charge in [-0.1, -0.05) is 0 Å². The standard InChI is InChI=1S/C9H18BNO4/c1-11-6-7(13-3)9(4-12-2,5-14-11)15-8(6)10/h6-8H,4-5,10H2,1-3H3. The smallest absolute Gasteiger partial charge is 0.144 e. The first-order valence-corrected chi connectivity index (χ1v) is 5.20. The van der Waals surface area contributed by atoms with Crippen molar-refractivity contribution in [1.82, 2.24) is 5.06 Å². The highest BCUT2D eigenvalue weighted by molar-refractivity contribution is 6.11. The van der Waals surface area contributed by atoms with Gasteiger partial charge >= 0.3 is 0 Å². The van der Waals surface area contributed by atoms with Gasteiger partial charge in [-0.3, -0.25) is 4.84 Å². The topological polar surface area (TPSA) is 40.2 Å². The summed E-state index contributed by atoms with van der Waals surface area (Å²) in [5, 5.41) is 1.83. The molecule has 0 aromatic carbocycles. The number of ether oxygens (including phenoxy) is 3. The third kappa shape index (κ3) is 1.61. The Morgan fingerprint density at radius 1 is 1.53 bits per heavy atom. The van der Waals surface area contributed by atoms with Gasteiger partial charge in [-0.15, -0.1) is 0 Å². The van der Waals surface area contributed by atoms with Gasteiger partial charge in [-0.05, 0) is 0 Å². The minimum atomic E-state index is -0.444. The number of methoxy groups -OCH3 is 2. The molecule has 2 heterocycles. The SMILES string of the molecule is BC1OC2(COC)CON(C)C1C2OC. The lowest BCUT2D eigenvalue weighted by Gasteiger charge is -2.41. The second-order valence-electron chi connectivity index (χ2n) is 4.29. The molecule has 0 aromatic heterocycles. The van der Waals surface area contributed by atoms with Gasteiger partial charge in [0.2, 0.25) is 0 Å². The van der Waals surface area contributed by atoms with Gasteiger partial charge in [0.05, 0.1) is 12.6 Å². The number of rotatable bonds is 3. The minimum Gasteiger partial charge on any atom is -0.381 e. The summed E-state index contributed by atoms with van der Waals surface area (Å²) in [6.45, 7) is 0.983. The first kappa shape index (κ1) is 11.4. The lowest BCUT2D eigenvalue weighted by molar-refractivity contribution is -0.261. The molecule has 5 nitrogen and oxygen atoms in total. The molecule has 4 atom stereocenters. The molecule has 2 aliphatic heterocycles. The maximum absolute atomic E-state index is 5.97. The molecule has 0 saturated carbocycles. The van der Waals surface area contributed by atoms with Crippen LogP contribution in [0.2, 0.25) is 0 Å². The van der Waals surface area contributed by atoms with Crippen molar-refractivity contribution < 1.29 is 19.0 Å². The predicted octanol–water partition coefficient (Wildman–Crippen LogP) is -1.38. The van der Waals surface area contributed by atoms with Crippen molar-refractivity contribution in [2.24, 2.45) is 0 Å². The van der Waals surface area contributed by atoms with Crippen molar-refractivity contribution in [2.45, 2.75) is 23.8 Å². The summed E-state index contributed by atoms with van der Waals surface area (Å²) in [5.41, 5.74) is -0.444. The van der Waals surface area contributed by atoms with Gasteiger partial charge in [-0.25, -0.2) is 0 Å². The molecule has 0 spiro atoms. The Labute approximate surface area is 91.0 Å². The molecule has 4 unspecified atom stereocenters. The van der Waals surface area contributed by atoms with Crippen LogP contribution in [0.3, 0.4) is 0 Å². The summed E-state index contributed by atoms with van der Waals surface area (Å²) in [5.74, 6) is 0. The molecule has 2 aliphatic rings. The second kappa shape index (κ2) is 4.03. The number of fused-ring (bicyclic) bond motifs is 2. The molecule has 86 valence electrons. The van der Waals surface area contributed by atoms with Crippen LogP contribution in [0.15, 0.2) is 0 Å². The normalized spacial score (nSPS) is 45.9. The number of hydroxylamine groups is 2. The molecule has 2 fully saturated rings. The second-order valence-corrected chi connectivity index (χ2v) is 4.29. The van der Waals surface area contributed by atoms with Crippen molar-refractivity contribution in [2.75, 3.05) is 34.5 Å². The molecule has 15 heavy (non-hydrogen) atoms. The third-order valence-electron chi connectivity index (χ3n) is 3.31. The molecule has 0 aromatic rings. The monoisotopic (exact) mass is 215 g/mol. The van der Waals surface area contributed by atoms with Crippen molar-refractivity contribution in [3.8, 4) is 0 Å². The van der Waals surface area contributed by atoms with E-state index in [9.17, 15) is 0 Å². The van der Waals surface area contributed by atoms with Crippen LogP contribution in [0.4, 0.5) is 0 Å². The van der Waals surface area contributed by atoms with Gasteiger partial charge < -0.3 is 14.2 Å². The summed E-state index contributed by atoms with van der Waals surface area (Å²) >= 11 is 0. The van der Waals surface area contributed by atoms with Crippen LogP contribution in [0, 0.1) is 0 Å². The molecule has 2 bridgehead atoms. The molecular weight excluding hydrogens is 197 g/mol. The van der Waals surface area contributed by atoms with Crippen molar-refractivity contribution in [1.29, 1.82) is 0 Å². The van der Waals surface area contributed by atoms with Gasteiger partial charge in [0, 0.05) is 27.3 Å². The summed E-state index contributed by atoms with van der Waals surface area (Å²) < 4.78 is 16.7. The summed E-state index contributed by atoms with van der Waals surface area (Å²) in [6, 6.07) is 0.233. The summed E-state index contributed by atoms with van der Waals surface area (Å²) in [4.78, 5) is 5.57. The number of hydrogen-bond acceptors (Lipinski definition) is 5. The third-order valence-corrected chi connectivity index (χ3v) is 3.31. The van der Waals surface area contributed by atoms with E-state index in [0.29, 0.717) is 13.2 Å². The first-order valence-electron chi connectivity index (χ1n) is 5.20. The Morgan fingerprint density at radius 2 is 2.27 bits per heavy atom. The van der Waals surface area contributed by atoms with E-state index in [1.165, 1.54) is 0 Å². The van der Waals surface area contributed by atoms with E-state index in [1.54, 1.807) is 14.2 Å². The average Bonchev–Trinajstić information content (AvgIpc) is 2.41. The fourth-order valence-electron chi connectivity index (χ4n) is 2.72. The Balaban J connectivity index is 2.25. The van der Waals surface area contributed by atoms with E-state index in [2.05, 4.69) is 0 Å². The fourth-order valence-corrected chi connectivity index (χ4v) is 2.72. The van der Waals surface area contributed by atoms with E-state index in [0.717, 1.165) is 0 Å². The molecule has 0 aliphatic carbocycles. The quantitative estimate of drug-likeness (QED) is 0.543. The predicted molar refractivity (Wildman–Crippen MR) is 56.3 cm³/mol. The zero-order valence-corrected chi connectivity index (χ0v) is 9.73. The zero-order chi connectivity index (χ0) is 11.1. The van der Waals surface area contributed by atoms with E-state index in [1.807, 2.05) is 20.0 Å². The van der Waals surface area contributed by atoms with E-state index in [4.69, 9.17) is 19.0 Å². The van der Waals surface area contributed by atoms with Crippen LogP contribution in [0.25, 0.3) is 0 Å². The maximum Gasteiger partial charge on any atom is 0.144 e. The van der Waals surface area contributed by atoms with Crippen molar-refractivity contribution in [3.05, 3.63) is 0 Å². The number of hydrogen-bond donors (Lipinski definition) is 0. The number of likely N-dealkylation sites (N-methyl/N-ethyl adjacent to an activating group) is 1. The molecule has 0 radical (unpaired) electrons. The van der Waals surface area contributed by atoms with E-state index >= 15 is 0 Å². The minimum absolute atomic E-state index is 0.00574. The average molecular weight is 215 g/mol. The van der Waals surface area contributed by atoms with Crippen LogP contribution in [-0.4, -0.2) is 71.1 Å². The van der Waals surface area contributed by atoms with Gasteiger partial charge in [0.1, 0.15) is 26.2 Å². The first-order chi connectivity index (χ1) is 7.14. The van der Waals surface area contributed by atoms with Crippen LogP contribution in [0.5, 0.6) is 0 Å². The number of nitrogens with zero attached hydrogens (tertiary/aromatic N) is 1. The highest BCUT2D eigenvalue weighted by Gasteiger charge is 2.59. The van der Waals surface area contributed by atoms with E-state index < -0.39 is 5.60 Å². The van der Waals surface area contributed by atoms with Crippen LogP contribution in [-0.2, 0) is 19.0 Å². The van der Waals surface area contributed by atoms with Gasteiger partial charge in [0.15, 0.2) is 0 Å². The largest absolute Gasteiger partial charge is 0.381 e. The molecular formula is C9H18BNO4. The molecule has 6 heteroatoms. The molecule has 0 N–H and O–H groups in total. The lowest BCUT2D eigenvalue weighted by atomic mass is 9.86. The summed E-state index contributed by atoms with van der Waals surface area (Å²) in [7, 11) is 7.33. The summed E-state index contributed by atoms with van der Waals surface area (Å²) in [6.07, 6.45) is 0.00574. The highest BCUT2D eigenvalue weighted by Crippen LogP contribution is 2.39. The van der Waals surface area contributed by atoms with Gasteiger partial charge in [-0.2, -0.15) is 5.06 Å². The van der Waals surface area contributed by atoms with Crippen LogP contribution < -0.4 is 0 Å². The Bertz CT molecular complexity index is 242. The van der Waals surface area contributed by atoms with Crippen LogP contribution in [0.1, 0.15) is 0 Å². The highest BCUT2D eigenvalue weighted by atomic mass is 16.7. The van der Waals surface area contributed by atoms with Gasteiger partial charge in [0.25, 0.3) is 0 Å². The van der Waals surface area contributed by atoms with Crippen molar-refractivity contribution >= 4 is 7.85 Å². The lowest BCUT2D eigenvalue weighted by Crippen LogP contribution is -2.60. The van der Waals surface area contributed by atoms with E-state index in [-0.39, 0.29) is 18.1 Å². The molecule has 2 rings (SSSR count). The van der Waals surface area contributed by atoms with Crippen molar-refractivity contribution in [3.63, 3.8) is 0 Å². The zero-order valence-electron chi connectivity index (χ0n) is 9.73. The maximum atomic E-state index is 5.97.